The van der Waals surface area contributed by atoms with Gasteiger partial charge in [0.05, 0.1) is 43.2 Å². The molecular weight excluding hydrogens is 660 g/mol. The van der Waals surface area contributed by atoms with E-state index in [2.05, 4.69) is 21.2 Å². The van der Waals surface area contributed by atoms with Gasteiger partial charge in [-0.25, -0.2) is 9.59 Å². The molecule has 0 aliphatic carbocycles. The molecule has 2 heterocycles. The lowest BCUT2D eigenvalue weighted by atomic mass is 9.95. The maximum atomic E-state index is 12.5. The number of carbonyl (C=O) groups excluding carboxylic acids is 2. The Morgan fingerprint density at radius 2 is 1.82 bits per heavy atom. The number of amides is 2. The summed E-state index contributed by atoms with van der Waals surface area (Å²) in [6.07, 6.45) is 0.276. The third kappa shape index (κ3) is 8.58. The lowest BCUT2D eigenvalue weighted by molar-refractivity contribution is -0.136. The Kier molecular flexibility index (Phi) is 11.5. The Bertz CT molecular complexity index is 1750. The molecule has 0 aromatic heterocycles. The first kappa shape index (κ1) is 35.0. The fourth-order valence-corrected chi connectivity index (χ4v) is 5.35. The number of carbonyl (C=O) groups is 2. The summed E-state index contributed by atoms with van der Waals surface area (Å²) < 4.78 is 39.1. The third-order valence-corrected chi connectivity index (χ3v) is 7.54. The van der Waals surface area contributed by atoms with E-state index in [0.29, 0.717) is 69.6 Å². The molecule has 3 aromatic carbocycles. The van der Waals surface area contributed by atoms with E-state index in [1.165, 1.54) is 13.3 Å². The highest BCUT2D eigenvalue weighted by molar-refractivity contribution is 6.32. The van der Waals surface area contributed by atoms with Gasteiger partial charge in [0.2, 0.25) is 6.79 Å². The van der Waals surface area contributed by atoms with E-state index in [9.17, 15) is 14.7 Å². The predicted octanol–water partition coefficient (Wildman–Crippen LogP) is 4.57. The molecule has 2 aliphatic heterocycles. The molecule has 4 N–H and O–H groups in total. The largest absolute Gasteiger partial charge is 0.490 e. The van der Waals surface area contributed by atoms with E-state index in [4.69, 9.17) is 44.8 Å². The molecule has 2 atom stereocenters. The van der Waals surface area contributed by atoms with Crippen molar-refractivity contribution in [2.45, 2.75) is 39.6 Å². The van der Waals surface area contributed by atoms with Crippen molar-refractivity contribution in [3.05, 3.63) is 81.5 Å². The molecule has 260 valence electrons. The van der Waals surface area contributed by atoms with Crippen molar-refractivity contribution in [2.24, 2.45) is 5.10 Å². The minimum atomic E-state index is -1.20. The Hall–Kier alpha value is -5.34. The van der Waals surface area contributed by atoms with Gasteiger partial charge in [-0.3, -0.25) is 5.43 Å². The number of nitrogens with one attached hydrogen (secondary N) is 3. The quantitative estimate of drug-likeness (QED) is 0.0761. The minimum absolute atomic E-state index is 0.186. The molecule has 0 saturated carbocycles. The highest BCUT2D eigenvalue weighted by atomic mass is 35.5. The summed E-state index contributed by atoms with van der Waals surface area (Å²) in [5, 5.41) is 20.3. The molecule has 14 nitrogen and oxygen atoms in total. The normalized spacial score (nSPS) is 15.7. The van der Waals surface area contributed by atoms with E-state index in [1.807, 2.05) is 25.1 Å². The number of rotatable bonds is 15. The maximum Gasteiger partial charge on any atom is 0.337 e. The van der Waals surface area contributed by atoms with E-state index >= 15 is 0 Å². The van der Waals surface area contributed by atoms with Gasteiger partial charge in [0, 0.05) is 5.70 Å². The first-order valence-electron chi connectivity index (χ1n) is 15.4. The first-order chi connectivity index (χ1) is 23.7. The highest BCUT2D eigenvalue weighted by Crippen LogP contribution is 2.38. The van der Waals surface area contributed by atoms with Gasteiger partial charge in [0.25, 0.3) is 0 Å². The van der Waals surface area contributed by atoms with Crippen molar-refractivity contribution in [1.82, 2.24) is 16.1 Å². The van der Waals surface area contributed by atoms with Crippen LogP contribution in [0.5, 0.6) is 34.5 Å². The van der Waals surface area contributed by atoms with Crippen LogP contribution < -0.4 is 44.5 Å². The second-order valence-corrected chi connectivity index (χ2v) is 11.1. The number of benzene rings is 3. The third-order valence-electron chi connectivity index (χ3n) is 7.26. The van der Waals surface area contributed by atoms with Gasteiger partial charge < -0.3 is 48.9 Å². The SMILES string of the molecule is CCOc1cc([C@@H]2NC(=O)NC(C)=C2C(=O)OC)ccc1OC[C@H](O)N/N=C\c1cc(Cl)c(OCc2ccc3c(c2)OCO3)c(OCC)c1. The molecule has 0 unspecified atom stereocenters. The molecule has 0 spiro atoms. The van der Waals surface area contributed by atoms with Crippen LogP contribution in [-0.4, -0.2) is 63.3 Å². The van der Waals surface area contributed by atoms with Crippen molar-refractivity contribution >= 4 is 29.8 Å². The Balaban J connectivity index is 1.21. The zero-order valence-corrected chi connectivity index (χ0v) is 28.1. The van der Waals surface area contributed by atoms with Crippen LogP contribution >= 0.6 is 11.6 Å². The average Bonchev–Trinajstić information content (AvgIpc) is 3.55. The summed E-state index contributed by atoms with van der Waals surface area (Å²) in [5.41, 5.74) is 5.29. The molecule has 5 rings (SSSR count). The van der Waals surface area contributed by atoms with Crippen molar-refractivity contribution in [2.75, 3.05) is 33.7 Å². The number of methoxy groups -OCH3 is 1. The van der Waals surface area contributed by atoms with Crippen LogP contribution in [-0.2, 0) is 16.1 Å². The summed E-state index contributed by atoms with van der Waals surface area (Å²) >= 11 is 6.57. The Morgan fingerprint density at radius 3 is 2.59 bits per heavy atom. The fraction of sp³-hybridized carbons (Fsp3) is 0.324. The standard InChI is InChI=1S/C34H37ClN4O10/c1-5-44-27-14-22(31-30(33(41)43-4)19(3)37-34(42)38-31)8-10-24(27)46-17-29(40)39-36-15-21-11-23(35)32(28(13-21)45-6-2)47-16-20-7-9-25-26(12-20)49-18-48-25/h7-15,29,31,39-40H,5-6,16-18H2,1-4H3,(H2,37,38,42)/b36-15-/t29-,31-/m0/s1. The number of urea groups is 1. The molecule has 49 heavy (non-hydrogen) atoms. The zero-order valence-electron chi connectivity index (χ0n) is 27.3. The molecule has 15 heteroatoms. The molecule has 0 fully saturated rings. The number of aliphatic hydroxyl groups excluding tert-OH is 1. The van der Waals surface area contributed by atoms with E-state index in [-0.39, 0.29) is 25.6 Å². The number of hydrogen-bond acceptors (Lipinski definition) is 12. The summed E-state index contributed by atoms with van der Waals surface area (Å²) in [5.74, 6) is 2.26. The van der Waals surface area contributed by atoms with Crippen molar-refractivity contribution < 1.29 is 47.9 Å². The summed E-state index contributed by atoms with van der Waals surface area (Å²) in [7, 11) is 1.27. The van der Waals surface area contributed by atoms with Crippen LogP contribution in [0.2, 0.25) is 5.02 Å². The van der Waals surface area contributed by atoms with Gasteiger partial charge in [0.1, 0.15) is 13.2 Å². The fourth-order valence-electron chi connectivity index (χ4n) is 5.07. The molecular formula is C34H37ClN4O10. The smallest absolute Gasteiger partial charge is 0.337 e. The average molecular weight is 697 g/mol. The molecule has 3 aromatic rings. The van der Waals surface area contributed by atoms with E-state index < -0.39 is 24.3 Å². The Labute approximate surface area is 287 Å². The van der Waals surface area contributed by atoms with Gasteiger partial charge in [-0.1, -0.05) is 23.7 Å². The van der Waals surface area contributed by atoms with Gasteiger partial charge in [-0.15, -0.1) is 0 Å². The Morgan fingerprint density at radius 1 is 1.04 bits per heavy atom. The van der Waals surface area contributed by atoms with Crippen molar-refractivity contribution in [3.8, 4) is 34.5 Å². The lowest BCUT2D eigenvalue weighted by Gasteiger charge is -2.28. The number of esters is 1. The summed E-state index contributed by atoms with van der Waals surface area (Å²) in [6, 6.07) is 12.7. The predicted molar refractivity (Wildman–Crippen MR) is 178 cm³/mol. The minimum Gasteiger partial charge on any atom is -0.490 e. The van der Waals surface area contributed by atoms with E-state index in [0.717, 1.165) is 5.56 Å². The van der Waals surface area contributed by atoms with Crippen molar-refractivity contribution in [1.29, 1.82) is 0 Å². The van der Waals surface area contributed by atoms with Crippen LogP contribution in [0.4, 0.5) is 4.79 Å². The monoisotopic (exact) mass is 696 g/mol. The maximum absolute atomic E-state index is 12.5. The number of ether oxygens (including phenoxy) is 7. The second-order valence-electron chi connectivity index (χ2n) is 10.7. The van der Waals surface area contributed by atoms with Gasteiger partial charge in [-0.2, -0.15) is 5.10 Å². The molecule has 2 amide bonds. The number of nitrogens with zero attached hydrogens (tertiary/aromatic N) is 1. The number of fused-ring (bicyclic) bond motifs is 1. The number of aliphatic hydroxyl groups is 1. The number of hydrogen-bond donors (Lipinski definition) is 4. The van der Waals surface area contributed by atoms with Crippen LogP contribution in [0.3, 0.4) is 0 Å². The molecule has 0 bridgehead atoms. The lowest BCUT2D eigenvalue weighted by Crippen LogP contribution is -2.45. The van der Waals surface area contributed by atoms with Gasteiger partial charge in [0.15, 0.2) is 40.7 Å². The van der Waals surface area contributed by atoms with E-state index in [1.54, 1.807) is 44.2 Å². The second kappa shape index (κ2) is 16.2. The molecule has 0 radical (unpaired) electrons. The summed E-state index contributed by atoms with van der Waals surface area (Å²) in [4.78, 5) is 24.7. The topological polar surface area (TPSA) is 167 Å². The molecule has 0 saturated heterocycles. The van der Waals surface area contributed by atoms with Gasteiger partial charge >= 0.3 is 12.0 Å². The number of allylic oxidation sites excluding steroid dienone is 1. The number of hydrazone groups is 1. The van der Waals surface area contributed by atoms with Crippen LogP contribution in [0.25, 0.3) is 0 Å². The highest BCUT2D eigenvalue weighted by Gasteiger charge is 2.32. The zero-order chi connectivity index (χ0) is 34.9. The summed E-state index contributed by atoms with van der Waals surface area (Å²) in [6.45, 7) is 6.20. The van der Waals surface area contributed by atoms with Crippen LogP contribution in [0, 0.1) is 0 Å². The van der Waals surface area contributed by atoms with Crippen LogP contribution in [0.15, 0.2) is 64.9 Å². The van der Waals surface area contributed by atoms with Crippen molar-refractivity contribution in [3.63, 3.8) is 0 Å². The van der Waals surface area contributed by atoms with Crippen LogP contribution in [0.1, 0.15) is 43.5 Å². The number of halogens is 1. The first-order valence-corrected chi connectivity index (χ1v) is 15.8. The molecule has 2 aliphatic rings. The van der Waals surface area contributed by atoms with Gasteiger partial charge in [-0.05, 0) is 73.9 Å².